The minimum Gasteiger partial charge on any atom is -0.504 e. The number of amides is 1. The topological polar surface area (TPSA) is 80.2 Å². The van der Waals surface area contributed by atoms with E-state index in [0.29, 0.717) is 40.9 Å². The number of phenolic OH excluding ortho intramolecular Hbond substituents is 1. The summed E-state index contributed by atoms with van der Waals surface area (Å²) >= 11 is 5.89. The third-order valence-electron chi connectivity index (χ3n) is 4.10. The average Bonchev–Trinajstić information content (AvgIpc) is 2.76. The van der Waals surface area contributed by atoms with Gasteiger partial charge in [-0.05, 0) is 60.5 Å². The molecule has 0 aliphatic rings. The van der Waals surface area contributed by atoms with E-state index < -0.39 is 5.91 Å². The molecule has 0 spiro atoms. The Morgan fingerprint density at radius 1 is 1.07 bits per heavy atom. The molecular weight excluding hydrogens is 404 g/mol. The van der Waals surface area contributed by atoms with Crippen LogP contribution in [0, 0.1) is 0 Å². The van der Waals surface area contributed by atoms with Gasteiger partial charge >= 0.3 is 0 Å². The smallest absolute Gasteiger partial charge is 0.275 e. The van der Waals surface area contributed by atoms with Crippen LogP contribution in [0.5, 0.6) is 17.2 Å². The van der Waals surface area contributed by atoms with Crippen molar-refractivity contribution in [2.75, 3.05) is 6.61 Å². The summed E-state index contributed by atoms with van der Waals surface area (Å²) in [7, 11) is 0. The number of rotatable bonds is 8. The van der Waals surface area contributed by atoms with Crippen molar-refractivity contribution in [3.8, 4) is 17.2 Å². The number of halogens is 1. The van der Waals surface area contributed by atoms with E-state index in [2.05, 4.69) is 10.5 Å². The number of carbonyl (C=O) groups excluding carboxylic acids is 1. The Bertz CT molecular complexity index is 1040. The summed E-state index contributed by atoms with van der Waals surface area (Å²) in [6.07, 6.45) is 1.47. The van der Waals surface area contributed by atoms with Crippen LogP contribution in [0.3, 0.4) is 0 Å². The van der Waals surface area contributed by atoms with E-state index in [-0.39, 0.29) is 5.75 Å². The SMILES string of the molecule is CCOc1cc(/C=N/NC(=O)c2ccccc2OCc2ccc(Cl)cc2)ccc1O. The summed E-state index contributed by atoms with van der Waals surface area (Å²) in [6.45, 7) is 2.56. The fourth-order valence-electron chi connectivity index (χ4n) is 2.63. The maximum Gasteiger partial charge on any atom is 0.275 e. The zero-order chi connectivity index (χ0) is 21.3. The molecule has 154 valence electrons. The van der Waals surface area contributed by atoms with Gasteiger partial charge in [-0.1, -0.05) is 35.9 Å². The number of aromatic hydroxyl groups is 1. The first-order valence-corrected chi connectivity index (χ1v) is 9.70. The Labute approximate surface area is 179 Å². The Hall–Kier alpha value is -3.51. The number of para-hydroxylation sites is 1. The molecule has 3 aromatic rings. The van der Waals surface area contributed by atoms with E-state index in [9.17, 15) is 9.90 Å². The molecule has 3 aromatic carbocycles. The van der Waals surface area contributed by atoms with Crippen LogP contribution in [0.2, 0.25) is 5.02 Å². The number of hydrogen-bond acceptors (Lipinski definition) is 5. The van der Waals surface area contributed by atoms with Crippen LogP contribution < -0.4 is 14.9 Å². The zero-order valence-corrected chi connectivity index (χ0v) is 17.1. The molecule has 6 nitrogen and oxygen atoms in total. The van der Waals surface area contributed by atoms with Crippen LogP contribution in [0.4, 0.5) is 0 Å². The molecule has 0 atom stereocenters. The lowest BCUT2D eigenvalue weighted by molar-refractivity contribution is 0.0950. The molecule has 3 rings (SSSR count). The minimum absolute atomic E-state index is 0.0461. The van der Waals surface area contributed by atoms with Crippen LogP contribution in [0.25, 0.3) is 0 Å². The molecule has 7 heteroatoms. The van der Waals surface area contributed by atoms with E-state index in [1.54, 1.807) is 48.5 Å². The summed E-state index contributed by atoms with van der Waals surface area (Å²) in [5.74, 6) is 0.448. The van der Waals surface area contributed by atoms with Gasteiger partial charge in [0.25, 0.3) is 5.91 Å². The number of hydrazone groups is 1. The predicted molar refractivity (Wildman–Crippen MR) is 117 cm³/mol. The van der Waals surface area contributed by atoms with E-state index in [0.717, 1.165) is 5.56 Å². The van der Waals surface area contributed by atoms with Gasteiger partial charge in [0.15, 0.2) is 11.5 Å². The van der Waals surface area contributed by atoms with Crippen molar-refractivity contribution in [2.24, 2.45) is 5.10 Å². The zero-order valence-electron chi connectivity index (χ0n) is 16.3. The monoisotopic (exact) mass is 424 g/mol. The average molecular weight is 425 g/mol. The molecule has 30 heavy (non-hydrogen) atoms. The maximum atomic E-state index is 12.5. The van der Waals surface area contributed by atoms with E-state index >= 15 is 0 Å². The van der Waals surface area contributed by atoms with Crippen molar-refractivity contribution in [3.63, 3.8) is 0 Å². The molecule has 0 aromatic heterocycles. The van der Waals surface area contributed by atoms with Gasteiger partial charge in [0.05, 0.1) is 18.4 Å². The summed E-state index contributed by atoms with van der Waals surface area (Å²) in [5, 5.41) is 14.4. The molecule has 0 radical (unpaired) electrons. The largest absolute Gasteiger partial charge is 0.504 e. The summed E-state index contributed by atoms with van der Waals surface area (Å²) in [4.78, 5) is 12.5. The number of phenols is 1. The lowest BCUT2D eigenvalue weighted by atomic mass is 10.2. The molecular formula is C23H21ClN2O4. The second-order valence-electron chi connectivity index (χ2n) is 6.27. The Balaban J connectivity index is 1.65. The van der Waals surface area contributed by atoms with E-state index in [4.69, 9.17) is 21.1 Å². The van der Waals surface area contributed by atoms with Crippen molar-refractivity contribution in [1.29, 1.82) is 0 Å². The number of benzene rings is 3. The number of ether oxygens (including phenoxy) is 2. The number of nitrogens with one attached hydrogen (secondary N) is 1. The highest BCUT2D eigenvalue weighted by Gasteiger charge is 2.11. The normalized spacial score (nSPS) is 10.7. The van der Waals surface area contributed by atoms with Crippen LogP contribution in [-0.2, 0) is 6.61 Å². The van der Waals surface area contributed by atoms with Gasteiger partial charge in [0, 0.05) is 5.02 Å². The van der Waals surface area contributed by atoms with Crippen LogP contribution in [0.1, 0.15) is 28.4 Å². The highest BCUT2D eigenvalue weighted by Crippen LogP contribution is 2.26. The van der Waals surface area contributed by atoms with Crippen molar-refractivity contribution >= 4 is 23.7 Å². The van der Waals surface area contributed by atoms with E-state index in [1.165, 1.54) is 12.3 Å². The number of carbonyl (C=O) groups is 1. The lowest BCUT2D eigenvalue weighted by Crippen LogP contribution is -2.18. The third-order valence-corrected chi connectivity index (χ3v) is 4.35. The fourth-order valence-corrected chi connectivity index (χ4v) is 2.76. The van der Waals surface area contributed by atoms with Gasteiger partial charge in [0.2, 0.25) is 0 Å². The summed E-state index contributed by atoms with van der Waals surface area (Å²) in [5.41, 5.74) is 4.46. The lowest BCUT2D eigenvalue weighted by Gasteiger charge is -2.10. The molecule has 0 unspecified atom stereocenters. The second kappa shape index (κ2) is 10.3. The van der Waals surface area contributed by atoms with Crippen LogP contribution in [-0.4, -0.2) is 23.8 Å². The first kappa shape index (κ1) is 21.2. The molecule has 0 heterocycles. The molecule has 0 aliphatic heterocycles. The van der Waals surface area contributed by atoms with E-state index in [1.807, 2.05) is 19.1 Å². The second-order valence-corrected chi connectivity index (χ2v) is 6.71. The van der Waals surface area contributed by atoms with Crippen LogP contribution >= 0.6 is 11.6 Å². The standard InChI is InChI=1S/C23H21ClN2O4/c1-2-29-22-13-17(9-12-20(22)27)14-25-26-23(28)19-5-3-4-6-21(19)30-15-16-7-10-18(24)11-8-16/h3-14,27H,2,15H2,1H3,(H,26,28)/b25-14+. The molecule has 1 amide bonds. The summed E-state index contributed by atoms with van der Waals surface area (Å²) in [6, 6.07) is 19.0. The Kier molecular flexibility index (Phi) is 7.29. The molecule has 0 saturated carbocycles. The molecule has 0 fully saturated rings. The Morgan fingerprint density at radius 3 is 2.60 bits per heavy atom. The molecule has 2 N–H and O–H groups in total. The van der Waals surface area contributed by atoms with Gasteiger partial charge in [-0.25, -0.2) is 5.43 Å². The molecule has 0 saturated heterocycles. The first-order chi connectivity index (χ1) is 14.6. The molecule has 0 bridgehead atoms. The van der Waals surface area contributed by atoms with Gasteiger partial charge in [-0.15, -0.1) is 0 Å². The van der Waals surface area contributed by atoms with Crippen molar-refractivity contribution in [2.45, 2.75) is 13.5 Å². The fraction of sp³-hybridized carbons (Fsp3) is 0.130. The van der Waals surface area contributed by atoms with Gasteiger partial charge < -0.3 is 14.6 Å². The highest BCUT2D eigenvalue weighted by molar-refractivity contribution is 6.30. The van der Waals surface area contributed by atoms with Crippen molar-refractivity contribution in [1.82, 2.24) is 5.43 Å². The Morgan fingerprint density at radius 2 is 1.83 bits per heavy atom. The molecule has 0 aliphatic carbocycles. The highest BCUT2D eigenvalue weighted by atomic mass is 35.5. The van der Waals surface area contributed by atoms with Gasteiger partial charge in [-0.3, -0.25) is 4.79 Å². The third kappa shape index (κ3) is 5.75. The van der Waals surface area contributed by atoms with Crippen molar-refractivity contribution < 1.29 is 19.4 Å². The maximum absolute atomic E-state index is 12.5. The van der Waals surface area contributed by atoms with Crippen LogP contribution in [0.15, 0.2) is 71.8 Å². The van der Waals surface area contributed by atoms with Gasteiger partial charge in [0.1, 0.15) is 12.4 Å². The summed E-state index contributed by atoms with van der Waals surface area (Å²) < 4.78 is 11.1. The number of nitrogens with zero attached hydrogens (tertiary/aromatic N) is 1. The first-order valence-electron chi connectivity index (χ1n) is 9.32. The number of hydrogen-bond donors (Lipinski definition) is 2. The van der Waals surface area contributed by atoms with Gasteiger partial charge in [-0.2, -0.15) is 5.10 Å². The van der Waals surface area contributed by atoms with Crippen molar-refractivity contribution in [3.05, 3.63) is 88.4 Å². The minimum atomic E-state index is -0.401. The predicted octanol–water partition coefficient (Wildman–Crippen LogP) is 4.79. The quantitative estimate of drug-likeness (QED) is 0.402.